The van der Waals surface area contributed by atoms with Gasteiger partial charge in [-0.25, -0.2) is 4.39 Å². The minimum Gasteiger partial charge on any atom is -0.480 e. The number of carboxylic acids is 1. The summed E-state index contributed by atoms with van der Waals surface area (Å²) in [6.45, 7) is 3.96. The van der Waals surface area contributed by atoms with Crippen molar-refractivity contribution in [2.24, 2.45) is 5.73 Å². The SMILES string of the molecule is CC(C)=CCc1cc(F)cc2[nH]cc(CC(N)C(=O)O)c12. The molecule has 4 N–H and O–H groups in total. The molecule has 0 saturated carbocycles. The molecule has 112 valence electrons. The third-order valence-corrected chi connectivity index (χ3v) is 3.40. The lowest BCUT2D eigenvalue weighted by Gasteiger charge is -2.08. The number of aromatic amines is 1. The molecule has 1 heterocycles. The Morgan fingerprint density at radius 2 is 2.14 bits per heavy atom. The highest BCUT2D eigenvalue weighted by Gasteiger charge is 2.17. The predicted octanol–water partition coefficient (Wildman–Crippen LogP) is 2.77. The molecule has 0 saturated heterocycles. The maximum absolute atomic E-state index is 13.7. The number of aromatic nitrogens is 1. The van der Waals surface area contributed by atoms with Crippen LogP contribution in [0.3, 0.4) is 0 Å². The number of carbonyl (C=O) groups is 1. The fourth-order valence-corrected chi connectivity index (χ4v) is 2.35. The van der Waals surface area contributed by atoms with E-state index in [0.717, 1.165) is 22.1 Å². The van der Waals surface area contributed by atoms with Crippen LogP contribution >= 0.6 is 0 Å². The molecule has 0 spiro atoms. The monoisotopic (exact) mass is 290 g/mol. The second-order valence-corrected chi connectivity index (χ2v) is 5.44. The van der Waals surface area contributed by atoms with Gasteiger partial charge in [-0.2, -0.15) is 0 Å². The second-order valence-electron chi connectivity index (χ2n) is 5.44. The summed E-state index contributed by atoms with van der Waals surface area (Å²) in [5.74, 6) is -1.35. The summed E-state index contributed by atoms with van der Waals surface area (Å²) in [4.78, 5) is 13.9. The van der Waals surface area contributed by atoms with Gasteiger partial charge < -0.3 is 15.8 Å². The number of hydrogen-bond acceptors (Lipinski definition) is 2. The van der Waals surface area contributed by atoms with Gasteiger partial charge in [-0.3, -0.25) is 4.79 Å². The van der Waals surface area contributed by atoms with E-state index in [4.69, 9.17) is 10.8 Å². The van der Waals surface area contributed by atoms with Crippen LogP contribution in [0.15, 0.2) is 30.0 Å². The van der Waals surface area contributed by atoms with Gasteiger partial charge in [0.25, 0.3) is 0 Å². The summed E-state index contributed by atoms with van der Waals surface area (Å²) < 4.78 is 13.7. The van der Waals surface area contributed by atoms with Crippen molar-refractivity contribution in [3.8, 4) is 0 Å². The minimum absolute atomic E-state index is 0.211. The Bertz CT molecular complexity index is 700. The summed E-state index contributed by atoms with van der Waals surface area (Å²) in [7, 11) is 0. The molecular formula is C16H19FN2O2. The quantitative estimate of drug-likeness (QED) is 0.741. The molecule has 0 radical (unpaired) electrons. The first-order valence-electron chi connectivity index (χ1n) is 6.78. The normalized spacial score (nSPS) is 12.4. The summed E-state index contributed by atoms with van der Waals surface area (Å²) in [5, 5.41) is 9.80. The third-order valence-electron chi connectivity index (χ3n) is 3.40. The van der Waals surface area contributed by atoms with Gasteiger partial charge in [0.05, 0.1) is 0 Å². The maximum atomic E-state index is 13.7. The molecule has 1 atom stereocenters. The second kappa shape index (κ2) is 6.10. The zero-order chi connectivity index (χ0) is 15.6. The summed E-state index contributed by atoms with van der Waals surface area (Å²) >= 11 is 0. The van der Waals surface area contributed by atoms with Crippen LogP contribution in [0.2, 0.25) is 0 Å². The van der Waals surface area contributed by atoms with Crippen molar-refractivity contribution < 1.29 is 14.3 Å². The van der Waals surface area contributed by atoms with Gasteiger partial charge in [-0.1, -0.05) is 11.6 Å². The highest BCUT2D eigenvalue weighted by molar-refractivity contribution is 5.88. The van der Waals surface area contributed by atoms with E-state index in [9.17, 15) is 9.18 Å². The van der Waals surface area contributed by atoms with Crippen LogP contribution in [0.5, 0.6) is 0 Å². The summed E-state index contributed by atoms with van der Waals surface area (Å²) in [6.07, 6.45) is 4.54. The van der Waals surface area contributed by atoms with Crippen molar-refractivity contribution in [1.82, 2.24) is 4.98 Å². The van der Waals surface area contributed by atoms with E-state index in [1.54, 1.807) is 6.20 Å². The molecule has 1 aromatic heterocycles. The van der Waals surface area contributed by atoms with Crippen molar-refractivity contribution >= 4 is 16.9 Å². The molecule has 21 heavy (non-hydrogen) atoms. The van der Waals surface area contributed by atoms with Crippen molar-refractivity contribution in [1.29, 1.82) is 0 Å². The molecule has 1 aromatic carbocycles. The zero-order valence-corrected chi connectivity index (χ0v) is 12.1. The molecule has 0 aliphatic carbocycles. The van der Waals surface area contributed by atoms with Gasteiger partial charge in [-0.15, -0.1) is 0 Å². The molecule has 2 rings (SSSR count). The minimum atomic E-state index is -1.04. The van der Waals surface area contributed by atoms with E-state index in [-0.39, 0.29) is 12.2 Å². The van der Waals surface area contributed by atoms with Crippen LogP contribution in [0.1, 0.15) is 25.0 Å². The molecule has 4 nitrogen and oxygen atoms in total. The van der Waals surface area contributed by atoms with Crippen LogP contribution in [0.4, 0.5) is 4.39 Å². The van der Waals surface area contributed by atoms with Crippen molar-refractivity contribution in [2.45, 2.75) is 32.7 Å². The van der Waals surface area contributed by atoms with Crippen LogP contribution in [-0.2, 0) is 17.6 Å². The Kier molecular flexibility index (Phi) is 4.43. The van der Waals surface area contributed by atoms with Crippen LogP contribution in [0, 0.1) is 5.82 Å². The van der Waals surface area contributed by atoms with E-state index in [2.05, 4.69) is 4.98 Å². The number of benzene rings is 1. The van der Waals surface area contributed by atoms with E-state index in [1.165, 1.54) is 12.1 Å². The number of carboxylic acid groups (broad SMARTS) is 1. The molecule has 2 aromatic rings. The molecule has 5 heteroatoms. The Morgan fingerprint density at radius 1 is 1.43 bits per heavy atom. The van der Waals surface area contributed by atoms with E-state index in [1.807, 2.05) is 19.9 Å². The van der Waals surface area contributed by atoms with Gasteiger partial charge in [0.1, 0.15) is 11.9 Å². The number of hydrogen-bond donors (Lipinski definition) is 3. The predicted molar refractivity (Wildman–Crippen MR) is 80.7 cm³/mol. The Balaban J connectivity index is 2.48. The lowest BCUT2D eigenvalue weighted by molar-refractivity contribution is -0.138. The lowest BCUT2D eigenvalue weighted by Crippen LogP contribution is -2.32. The van der Waals surface area contributed by atoms with Gasteiger partial charge in [-0.05, 0) is 43.5 Å². The summed E-state index contributed by atoms with van der Waals surface area (Å²) in [5.41, 5.74) is 9.05. The van der Waals surface area contributed by atoms with Crippen LogP contribution in [-0.4, -0.2) is 22.1 Å². The van der Waals surface area contributed by atoms with Gasteiger partial charge in [0.2, 0.25) is 0 Å². The highest BCUT2D eigenvalue weighted by atomic mass is 19.1. The molecule has 1 unspecified atom stereocenters. The Morgan fingerprint density at radius 3 is 2.76 bits per heavy atom. The van der Waals surface area contributed by atoms with Crippen molar-refractivity contribution in [2.75, 3.05) is 0 Å². The van der Waals surface area contributed by atoms with E-state index >= 15 is 0 Å². The number of fused-ring (bicyclic) bond motifs is 1. The number of aliphatic carboxylic acids is 1. The zero-order valence-electron chi connectivity index (χ0n) is 12.1. The van der Waals surface area contributed by atoms with Crippen molar-refractivity contribution in [3.63, 3.8) is 0 Å². The standard InChI is InChI=1S/C16H19FN2O2/c1-9(2)3-4-10-5-12(17)7-14-15(10)11(8-19-14)6-13(18)16(20)21/h3,5,7-8,13,19H,4,6,18H2,1-2H3,(H,20,21). The average molecular weight is 290 g/mol. The Labute approximate surface area is 122 Å². The van der Waals surface area contributed by atoms with Crippen LogP contribution in [0.25, 0.3) is 10.9 Å². The van der Waals surface area contributed by atoms with Crippen molar-refractivity contribution in [3.05, 3.63) is 46.9 Å². The summed E-state index contributed by atoms with van der Waals surface area (Å²) in [6, 6.07) is 1.94. The van der Waals surface area contributed by atoms with E-state index in [0.29, 0.717) is 11.9 Å². The first-order chi connectivity index (χ1) is 9.88. The Hall–Kier alpha value is -2.14. The largest absolute Gasteiger partial charge is 0.480 e. The average Bonchev–Trinajstić information content (AvgIpc) is 2.78. The molecular weight excluding hydrogens is 271 g/mol. The molecule has 0 amide bonds. The van der Waals surface area contributed by atoms with Gasteiger partial charge in [0, 0.05) is 23.5 Å². The molecule has 0 fully saturated rings. The smallest absolute Gasteiger partial charge is 0.320 e. The number of nitrogens with two attached hydrogens (primary N) is 1. The molecule has 0 bridgehead atoms. The maximum Gasteiger partial charge on any atom is 0.320 e. The number of halogens is 1. The number of allylic oxidation sites excluding steroid dienone is 2. The third kappa shape index (κ3) is 3.49. The van der Waals surface area contributed by atoms with E-state index < -0.39 is 12.0 Å². The number of H-pyrrole nitrogens is 1. The highest BCUT2D eigenvalue weighted by Crippen LogP contribution is 2.26. The first-order valence-corrected chi connectivity index (χ1v) is 6.78. The lowest BCUT2D eigenvalue weighted by atomic mass is 9.99. The van der Waals surface area contributed by atoms with Gasteiger partial charge in [0.15, 0.2) is 0 Å². The fraction of sp³-hybridized carbons (Fsp3) is 0.312. The number of nitrogens with one attached hydrogen (secondary N) is 1. The number of rotatable bonds is 5. The van der Waals surface area contributed by atoms with Gasteiger partial charge >= 0.3 is 5.97 Å². The topological polar surface area (TPSA) is 79.1 Å². The fourth-order valence-electron chi connectivity index (χ4n) is 2.35. The molecule has 0 aliphatic rings. The van der Waals surface area contributed by atoms with Crippen LogP contribution < -0.4 is 5.73 Å². The first kappa shape index (κ1) is 15.3. The molecule has 0 aliphatic heterocycles.